The van der Waals surface area contributed by atoms with E-state index in [1.807, 2.05) is 0 Å². The molecule has 0 fully saturated rings. The van der Waals surface area contributed by atoms with Gasteiger partial charge >= 0.3 is 17.9 Å². The number of carbonyl (C=O) groups is 3. The Morgan fingerprint density at radius 2 is 0.476 bits per heavy atom. The van der Waals surface area contributed by atoms with Crippen molar-refractivity contribution in [3.8, 4) is 0 Å². The minimum atomic E-state index is -0.792. The van der Waals surface area contributed by atoms with E-state index in [-0.39, 0.29) is 31.1 Å². The van der Waals surface area contributed by atoms with Gasteiger partial charge < -0.3 is 14.2 Å². The lowest BCUT2D eigenvalue weighted by Crippen LogP contribution is -2.30. The van der Waals surface area contributed by atoms with E-state index in [0.29, 0.717) is 19.3 Å². The minimum absolute atomic E-state index is 0.0855. The Labute approximate surface area is 510 Å². The second kappa shape index (κ2) is 70.3. The molecule has 6 heteroatoms. The third-order valence-corrected chi connectivity index (χ3v) is 16.0. The van der Waals surface area contributed by atoms with Crippen LogP contribution in [0.2, 0.25) is 0 Å². The van der Waals surface area contributed by atoms with Gasteiger partial charge in [0.2, 0.25) is 0 Å². The molecule has 0 aliphatic carbocycles. The lowest BCUT2D eigenvalue weighted by atomic mass is 10.0. The molecule has 0 N–H and O–H groups in total. The topological polar surface area (TPSA) is 78.9 Å². The van der Waals surface area contributed by atoms with Crippen molar-refractivity contribution >= 4 is 17.9 Å². The number of hydrogen-bond acceptors (Lipinski definition) is 6. The molecule has 0 aromatic heterocycles. The van der Waals surface area contributed by atoms with Crippen LogP contribution in [0.3, 0.4) is 0 Å². The van der Waals surface area contributed by atoms with Crippen molar-refractivity contribution in [2.45, 2.75) is 380 Å². The summed E-state index contributed by atoms with van der Waals surface area (Å²) in [7, 11) is 0. The van der Waals surface area contributed by atoms with E-state index in [2.05, 4.69) is 93.7 Å². The Kier molecular flexibility index (Phi) is 67.6. The maximum absolute atomic E-state index is 12.9. The second-order valence-electron chi connectivity index (χ2n) is 24.1. The monoisotopic (exact) mass is 1150 g/mol. The van der Waals surface area contributed by atoms with E-state index in [4.69, 9.17) is 14.2 Å². The van der Waals surface area contributed by atoms with Crippen LogP contribution in [-0.2, 0) is 28.6 Å². The molecular weight excluding hydrogens is 1010 g/mol. The number of unbranched alkanes of at least 4 members (excludes halogenated alkanes) is 43. The molecule has 0 bridgehead atoms. The molecule has 0 aliphatic heterocycles. The first-order valence-corrected chi connectivity index (χ1v) is 35.9. The van der Waals surface area contributed by atoms with Gasteiger partial charge in [-0.15, -0.1) is 0 Å². The van der Waals surface area contributed by atoms with Crippen molar-refractivity contribution in [1.29, 1.82) is 0 Å². The van der Waals surface area contributed by atoms with Gasteiger partial charge in [-0.25, -0.2) is 0 Å². The van der Waals surface area contributed by atoms with Gasteiger partial charge in [0.05, 0.1) is 0 Å². The van der Waals surface area contributed by atoms with E-state index in [9.17, 15) is 14.4 Å². The summed E-state index contributed by atoms with van der Waals surface area (Å²) in [5.74, 6) is -0.903. The smallest absolute Gasteiger partial charge is 0.306 e. The number of esters is 3. The molecule has 0 amide bonds. The predicted octanol–water partition coefficient (Wildman–Crippen LogP) is 24.8. The Morgan fingerprint density at radius 1 is 0.256 bits per heavy atom. The fraction of sp³-hybridized carbons (Fsp3) is 0.803. The van der Waals surface area contributed by atoms with Gasteiger partial charge in [-0.2, -0.15) is 0 Å². The molecule has 0 aliphatic rings. The molecule has 0 spiro atoms. The quantitative estimate of drug-likeness (QED) is 0.0261. The number of rotatable bonds is 66. The maximum Gasteiger partial charge on any atom is 0.306 e. The van der Waals surface area contributed by atoms with E-state index < -0.39 is 6.10 Å². The Bertz CT molecular complexity index is 1500. The number of carbonyl (C=O) groups excluding carboxylic acids is 3. The normalized spacial score (nSPS) is 12.5. The van der Waals surface area contributed by atoms with Crippen LogP contribution in [0.1, 0.15) is 374 Å². The number of hydrogen-bond donors (Lipinski definition) is 0. The van der Waals surface area contributed by atoms with Crippen LogP contribution in [-0.4, -0.2) is 37.2 Å². The average molecular weight is 1150 g/mol. The van der Waals surface area contributed by atoms with E-state index >= 15 is 0 Å². The first-order chi connectivity index (χ1) is 40.5. The Hall–Kier alpha value is -3.15. The molecule has 0 aromatic rings. The summed E-state index contributed by atoms with van der Waals surface area (Å²) < 4.78 is 16.9. The third kappa shape index (κ3) is 67.6. The largest absolute Gasteiger partial charge is 0.462 e. The highest BCUT2D eigenvalue weighted by molar-refractivity contribution is 5.71. The highest BCUT2D eigenvalue weighted by Crippen LogP contribution is 2.19. The number of allylic oxidation sites excluding steroid dienone is 12. The lowest BCUT2D eigenvalue weighted by molar-refractivity contribution is -0.167. The first kappa shape index (κ1) is 78.8. The predicted molar refractivity (Wildman–Crippen MR) is 358 cm³/mol. The summed E-state index contributed by atoms with van der Waals surface area (Å²) in [4.78, 5) is 38.4. The van der Waals surface area contributed by atoms with Crippen LogP contribution < -0.4 is 0 Å². The molecular formula is C76H136O6. The van der Waals surface area contributed by atoms with E-state index in [0.717, 1.165) is 135 Å². The summed E-state index contributed by atoms with van der Waals surface area (Å²) in [5.41, 5.74) is 0. The lowest BCUT2D eigenvalue weighted by Gasteiger charge is -2.18. The molecule has 0 rings (SSSR count). The SMILES string of the molecule is CC/C=C\C/C=C\C/C=C\CCCCCCCC(=O)OCC(COC(=O)CCCCCCCCCCCCCCCCCCCCCCCCCCCCCCCCCCCC)OC(=O)CCCCCCC/C=C\C/C=C\C/C=C\CC. The molecule has 1 unspecified atom stereocenters. The summed E-state index contributed by atoms with van der Waals surface area (Å²) in [5, 5.41) is 0. The van der Waals surface area contributed by atoms with E-state index in [1.165, 1.54) is 199 Å². The Morgan fingerprint density at radius 3 is 0.744 bits per heavy atom. The van der Waals surface area contributed by atoms with Crippen LogP contribution in [0.15, 0.2) is 72.9 Å². The Balaban J connectivity index is 4.11. The standard InChI is InChI=1S/C76H136O6/c1-4-7-10-13-16-19-22-25-28-29-30-31-32-33-34-35-36-37-38-39-40-41-42-43-44-45-46-49-51-54-57-60-63-66-69-75(78)81-72-73(82-76(79)70-67-64-61-58-55-52-48-27-24-21-18-15-12-9-6-3)71-80-74(77)68-65-62-59-56-53-50-47-26-23-20-17-14-11-8-5-2/h8-9,11-12,17-18,20-21,26-27,47-48,73H,4-7,10,13-16,19,22-25,28-46,49-72H2,1-3H3/b11-8-,12-9-,20-17-,21-18-,47-26-,48-27-. The van der Waals surface area contributed by atoms with E-state index in [1.54, 1.807) is 0 Å². The molecule has 82 heavy (non-hydrogen) atoms. The van der Waals surface area contributed by atoms with Crippen molar-refractivity contribution in [3.63, 3.8) is 0 Å². The number of ether oxygens (including phenoxy) is 3. The molecule has 0 heterocycles. The molecule has 0 saturated carbocycles. The van der Waals surface area contributed by atoms with Gasteiger partial charge in [0.15, 0.2) is 6.10 Å². The highest BCUT2D eigenvalue weighted by Gasteiger charge is 2.19. The van der Waals surface area contributed by atoms with Gasteiger partial charge in [0.1, 0.15) is 13.2 Å². The fourth-order valence-electron chi connectivity index (χ4n) is 10.7. The van der Waals surface area contributed by atoms with Gasteiger partial charge in [0.25, 0.3) is 0 Å². The minimum Gasteiger partial charge on any atom is -0.462 e. The molecule has 0 radical (unpaired) electrons. The van der Waals surface area contributed by atoms with Crippen molar-refractivity contribution < 1.29 is 28.6 Å². The van der Waals surface area contributed by atoms with Crippen molar-refractivity contribution in [2.75, 3.05) is 13.2 Å². The van der Waals surface area contributed by atoms with Crippen molar-refractivity contribution in [1.82, 2.24) is 0 Å². The van der Waals surface area contributed by atoms with Crippen LogP contribution in [0.25, 0.3) is 0 Å². The second-order valence-corrected chi connectivity index (χ2v) is 24.1. The molecule has 6 nitrogen and oxygen atoms in total. The zero-order chi connectivity index (χ0) is 59.2. The van der Waals surface area contributed by atoms with Gasteiger partial charge in [0, 0.05) is 19.3 Å². The zero-order valence-electron chi connectivity index (χ0n) is 54.8. The fourth-order valence-corrected chi connectivity index (χ4v) is 10.7. The highest BCUT2D eigenvalue weighted by atomic mass is 16.6. The maximum atomic E-state index is 12.9. The summed E-state index contributed by atoms with van der Waals surface area (Å²) in [6.45, 7) is 6.44. The molecule has 0 saturated heterocycles. The first-order valence-electron chi connectivity index (χ1n) is 35.9. The molecule has 476 valence electrons. The van der Waals surface area contributed by atoms with Crippen LogP contribution in [0, 0.1) is 0 Å². The zero-order valence-corrected chi connectivity index (χ0v) is 54.8. The third-order valence-electron chi connectivity index (χ3n) is 16.0. The van der Waals surface area contributed by atoms with Crippen LogP contribution in [0.4, 0.5) is 0 Å². The molecule has 0 aromatic carbocycles. The average Bonchev–Trinajstić information content (AvgIpc) is 3.47. The molecule has 1 atom stereocenters. The van der Waals surface area contributed by atoms with Crippen molar-refractivity contribution in [2.24, 2.45) is 0 Å². The summed E-state index contributed by atoms with van der Waals surface area (Å²) >= 11 is 0. The van der Waals surface area contributed by atoms with Crippen LogP contribution in [0.5, 0.6) is 0 Å². The van der Waals surface area contributed by atoms with Gasteiger partial charge in [-0.1, -0.05) is 344 Å². The van der Waals surface area contributed by atoms with Crippen LogP contribution >= 0.6 is 0 Å². The van der Waals surface area contributed by atoms with Crippen molar-refractivity contribution in [3.05, 3.63) is 72.9 Å². The summed E-state index contributed by atoms with van der Waals surface area (Å²) in [6.07, 6.45) is 92.5. The van der Waals surface area contributed by atoms with Gasteiger partial charge in [-0.3, -0.25) is 14.4 Å². The summed E-state index contributed by atoms with van der Waals surface area (Å²) in [6, 6.07) is 0. The van der Waals surface area contributed by atoms with Gasteiger partial charge in [-0.05, 0) is 83.5 Å².